The summed E-state index contributed by atoms with van der Waals surface area (Å²) in [6.45, 7) is 2.03. The lowest BCUT2D eigenvalue weighted by Crippen LogP contribution is -2.36. The Hall–Kier alpha value is -1.95. The number of amides is 1. The van der Waals surface area contributed by atoms with E-state index in [0.717, 1.165) is 28.6 Å². The van der Waals surface area contributed by atoms with E-state index in [4.69, 9.17) is 0 Å². The zero-order chi connectivity index (χ0) is 16.9. The molecule has 3 rings (SSSR count). The fraction of sp³-hybridized carbons (Fsp3) is 0.389. The highest BCUT2D eigenvalue weighted by Crippen LogP contribution is 2.22. The van der Waals surface area contributed by atoms with Crippen molar-refractivity contribution in [3.63, 3.8) is 0 Å². The van der Waals surface area contributed by atoms with Gasteiger partial charge < -0.3 is 10.6 Å². The molecule has 1 saturated carbocycles. The van der Waals surface area contributed by atoms with Crippen molar-refractivity contribution in [1.29, 1.82) is 0 Å². The number of aryl methyl sites for hydroxylation is 1. The van der Waals surface area contributed by atoms with Crippen LogP contribution in [0.4, 0.5) is 11.6 Å². The number of carbonyl (C=O) groups excluding carboxylic acids is 1. The summed E-state index contributed by atoms with van der Waals surface area (Å²) in [6, 6.07) is 7.84. The Morgan fingerprint density at radius 3 is 2.75 bits per heavy atom. The molecule has 126 valence electrons. The maximum Gasteiger partial charge on any atom is 0.270 e. The van der Waals surface area contributed by atoms with Gasteiger partial charge in [-0.25, -0.2) is 9.97 Å². The Morgan fingerprint density at radius 1 is 1.21 bits per heavy atom. The largest absolute Gasteiger partial charge is 0.348 e. The van der Waals surface area contributed by atoms with Gasteiger partial charge in [-0.15, -0.1) is 0 Å². The second-order valence-corrected chi connectivity index (χ2v) is 7.02. The molecule has 5 nitrogen and oxygen atoms in total. The Morgan fingerprint density at radius 2 is 2.00 bits per heavy atom. The highest BCUT2D eigenvalue weighted by molar-refractivity contribution is 9.10. The molecule has 24 heavy (non-hydrogen) atoms. The first kappa shape index (κ1) is 16.9. The Bertz CT molecular complexity index is 729. The molecule has 1 aromatic carbocycles. The summed E-state index contributed by atoms with van der Waals surface area (Å²) in [7, 11) is 0. The van der Waals surface area contributed by atoms with E-state index in [9.17, 15) is 4.79 Å². The minimum absolute atomic E-state index is 0.127. The van der Waals surface area contributed by atoms with Crippen LogP contribution >= 0.6 is 15.9 Å². The van der Waals surface area contributed by atoms with Crippen LogP contribution in [0.5, 0.6) is 0 Å². The van der Waals surface area contributed by atoms with Gasteiger partial charge in [0.1, 0.15) is 5.69 Å². The zero-order valence-corrected chi connectivity index (χ0v) is 15.3. The average molecular weight is 389 g/mol. The number of nitrogens with one attached hydrogen (secondary N) is 2. The van der Waals surface area contributed by atoms with Crippen molar-refractivity contribution >= 4 is 33.5 Å². The number of nitrogens with zero attached hydrogens (tertiary/aromatic N) is 2. The van der Waals surface area contributed by atoms with Crippen LogP contribution in [0, 0.1) is 6.92 Å². The quantitative estimate of drug-likeness (QED) is 0.816. The van der Waals surface area contributed by atoms with E-state index < -0.39 is 0 Å². The summed E-state index contributed by atoms with van der Waals surface area (Å²) in [6.07, 6.45) is 7.35. The van der Waals surface area contributed by atoms with Gasteiger partial charge in [-0.1, -0.05) is 41.3 Å². The third-order valence-corrected chi connectivity index (χ3v) is 5.11. The number of halogens is 1. The van der Waals surface area contributed by atoms with Crippen molar-refractivity contribution in [2.75, 3.05) is 5.32 Å². The summed E-state index contributed by atoms with van der Waals surface area (Å²) in [5, 5.41) is 6.22. The van der Waals surface area contributed by atoms with Crippen LogP contribution in [-0.4, -0.2) is 21.9 Å². The van der Waals surface area contributed by atoms with Gasteiger partial charge in [0.15, 0.2) is 0 Å². The molecule has 0 bridgehead atoms. The molecule has 6 heteroatoms. The molecule has 0 atom stereocenters. The summed E-state index contributed by atoms with van der Waals surface area (Å²) >= 11 is 3.51. The van der Waals surface area contributed by atoms with Crippen LogP contribution in [-0.2, 0) is 0 Å². The lowest BCUT2D eigenvalue weighted by Gasteiger charge is -2.22. The number of aromatic nitrogens is 2. The molecule has 0 aliphatic heterocycles. The van der Waals surface area contributed by atoms with Gasteiger partial charge >= 0.3 is 0 Å². The highest BCUT2D eigenvalue weighted by atomic mass is 79.9. The van der Waals surface area contributed by atoms with Gasteiger partial charge in [0.05, 0.1) is 0 Å². The monoisotopic (exact) mass is 388 g/mol. The molecule has 2 aromatic rings. The molecular formula is C18H21BrN4O. The van der Waals surface area contributed by atoms with Crippen molar-refractivity contribution in [2.45, 2.75) is 45.1 Å². The molecule has 1 amide bonds. The molecule has 0 unspecified atom stereocenters. The van der Waals surface area contributed by atoms with Crippen molar-refractivity contribution in [1.82, 2.24) is 15.3 Å². The third kappa shape index (κ3) is 4.32. The van der Waals surface area contributed by atoms with Crippen molar-refractivity contribution in [2.24, 2.45) is 0 Å². The lowest BCUT2D eigenvalue weighted by atomic mass is 9.95. The summed E-state index contributed by atoms with van der Waals surface area (Å²) in [4.78, 5) is 20.9. The molecule has 0 spiro atoms. The fourth-order valence-electron chi connectivity index (χ4n) is 2.85. The van der Waals surface area contributed by atoms with Crippen molar-refractivity contribution in [3.8, 4) is 0 Å². The predicted octanol–water partition coefficient (Wildman–Crippen LogP) is 4.35. The number of benzene rings is 1. The molecule has 2 N–H and O–H groups in total. The number of rotatable bonds is 4. The summed E-state index contributed by atoms with van der Waals surface area (Å²) in [5.41, 5.74) is 2.42. The Labute approximate surface area is 150 Å². The Balaban J connectivity index is 1.68. The van der Waals surface area contributed by atoms with Crippen LogP contribution < -0.4 is 10.6 Å². The minimum atomic E-state index is -0.127. The first-order valence-corrected chi connectivity index (χ1v) is 9.08. The fourth-order valence-corrected chi connectivity index (χ4v) is 3.23. The van der Waals surface area contributed by atoms with Crippen LogP contribution in [0.3, 0.4) is 0 Å². The maximum atomic E-state index is 12.4. The first-order valence-electron chi connectivity index (χ1n) is 8.29. The number of anilines is 2. The molecule has 1 aliphatic rings. The van der Waals surface area contributed by atoms with Gasteiger partial charge in [-0.2, -0.15) is 0 Å². The van der Waals surface area contributed by atoms with Gasteiger partial charge in [0.2, 0.25) is 5.95 Å². The van der Waals surface area contributed by atoms with E-state index in [0.29, 0.717) is 11.6 Å². The second kappa shape index (κ2) is 7.75. The van der Waals surface area contributed by atoms with Crippen LogP contribution in [0.2, 0.25) is 0 Å². The molecular weight excluding hydrogens is 368 g/mol. The van der Waals surface area contributed by atoms with Gasteiger partial charge in [0.25, 0.3) is 5.91 Å². The summed E-state index contributed by atoms with van der Waals surface area (Å²) < 4.78 is 1.01. The van der Waals surface area contributed by atoms with Crippen molar-refractivity contribution < 1.29 is 4.79 Å². The first-order chi connectivity index (χ1) is 11.6. The SMILES string of the molecule is Cc1ccc(Nc2nccc(C(=O)NC3CCCCC3)n2)cc1Br. The van der Waals surface area contributed by atoms with E-state index in [-0.39, 0.29) is 11.9 Å². The third-order valence-electron chi connectivity index (χ3n) is 4.26. The van der Waals surface area contributed by atoms with E-state index in [2.05, 4.69) is 36.5 Å². The molecule has 0 radical (unpaired) electrons. The normalized spacial score (nSPS) is 15.1. The lowest BCUT2D eigenvalue weighted by molar-refractivity contribution is 0.0922. The van der Waals surface area contributed by atoms with E-state index in [1.54, 1.807) is 12.3 Å². The zero-order valence-electron chi connectivity index (χ0n) is 13.7. The number of hydrogen-bond acceptors (Lipinski definition) is 4. The topological polar surface area (TPSA) is 66.9 Å². The standard InChI is InChI=1S/C18H21BrN4O/c1-12-7-8-14(11-15(12)19)22-18-20-10-9-16(23-18)17(24)21-13-5-3-2-4-6-13/h7-11,13H,2-6H2,1H3,(H,21,24)(H,20,22,23). The van der Waals surface area contributed by atoms with Crippen LogP contribution in [0.15, 0.2) is 34.9 Å². The molecule has 1 fully saturated rings. The highest BCUT2D eigenvalue weighted by Gasteiger charge is 2.17. The summed E-state index contributed by atoms with van der Waals surface area (Å²) in [5.74, 6) is 0.291. The molecule has 1 aliphatic carbocycles. The van der Waals surface area contributed by atoms with E-state index in [1.165, 1.54) is 19.3 Å². The van der Waals surface area contributed by atoms with Crippen LogP contribution in [0.25, 0.3) is 0 Å². The second-order valence-electron chi connectivity index (χ2n) is 6.16. The van der Waals surface area contributed by atoms with Gasteiger partial charge in [-0.05, 0) is 43.5 Å². The minimum Gasteiger partial charge on any atom is -0.348 e. The van der Waals surface area contributed by atoms with Gasteiger partial charge in [-0.3, -0.25) is 4.79 Å². The maximum absolute atomic E-state index is 12.4. The van der Waals surface area contributed by atoms with E-state index in [1.807, 2.05) is 25.1 Å². The smallest absolute Gasteiger partial charge is 0.270 e. The predicted molar refractivity (Wildman–Crippen MR) is 98.5 cm³/mol. The van der Waals surface area contributed by atoms with Gasteiger partial charge in [0, 0.05) is 22.4 Å². The number of carbonyl (C=O) groups is 1. The average Bonchev–Trinajstić information content (AvgIpc) is 2.59. The molecule has 1 aromatic heterocycles. The molecule has 1 heterocycles. The Kier molecular flexibility index (Phi) is 5.45. The van der Waals surface area contributed by atoms with Crippen molar-refractivity contribution in [3.05, 3.63) is 46.2 Å². The van der Waals surface area contributed by atoms with E-state index >= 15 is 0 Å². The number of hydrogen-bond donors (Lipinski definition) is 2. The van der Waals surface area contributed by atoms with Crippen LogP contribution in [0.1, 0.15) is 48.2 Å². The molecule has 0 saturated heterocycles.